The van der Waals surface area contributed by atoms with Gasteiger partial charge in [0.2, 0.25) is 0 Å². The summed E-state index contributed by atoms with van der Waals surface area (Å²) in [5, 5.41) is 0. The molecule has 0 aromatic rings. The van der Waals surface area contributed by atoms with Crippen LogP contribution in [0.4, 0.5) is 0 Å². The van der Waals surface area contributed by atoms with E-state index in [9.17, 15) is 0 Å². The summed E-state index contributed by atoms with van der Waals surface area (Å²) in [4.78, 5) is 12.1. The molecule has 0 fully saturated rings. The van der Waals surface area contributed by atoms with Crippen molar-refractivity contribution in [1.82, 2.24) is 0 Å². The first kappa shape index (κ1) is 15.2. The van der Waals surface area contributed by atoms with Crippen molar-refractivity contribution in [3.8, 4) is 0 Å². The second-order valence-electron chi connectivity index (χ2n) is 6.52. The van der Waals surface area contributed by atoms with E-state index in [1.807, 2.05) is 0 Å². The van der Waals surface area contributed by atoms with E-state index in [-0.39, 0.29) is 5.54 Å². The minimum absolute atomic E-state index is 0.0458. The Morgan fingerprint density at radius 3 is 1.93 bits per heavy atom. The third-order valence-corrected chi connectivity index (χ3v) is 6.17. The Kier molecular flexibility index (Phi) is 5.59. The van der Waals surface area contributed by atoms with Crippen LogP contribution in [0.25, 0.3) is 0 Å². The molecule has 0 N–H and O–H groups in total. The minimum atomic E-state index is -1.63. The van der Waals surface area contributed by atoms with Crippen molar-refractivity contribution in [2.45, 2.75) is 59.4 Å². The summed E-state index contributed by atoms with van der Waals surface area (Å²) in [5.41, 5.74) is 2.60. The van der Waals surface area contributed by atoms with E-state index in [4.69, 9.17) is 0 Å². The molecule has 0 heterocycles. The summed E-state index contributed by atoms with van der Waals surface area (Å²) in [6.45, 7) is 10.7. The first-order valence-electron chi connectivity index (χ1n) is 5.75. The third kappa shape index (κ3) is 9.16. The number of nitrogens with zero attached hydrogens (tertiary/aromatic N) is 1. The first-order chi connectivity index (χ1) is 6.51. The average Bonchev–Trinajstić information content (AvgIpc) is 1.95. The Hall–Kier alpha value is 0.209. The fourth-order valence-corrected chi connectivity index (χ4v) is 3.82. The SMILES string of the molecule is CC(=NC(C)(C)C)/C(C)=C/[CH2][Sn]([CH3])([CH3])[CH3]. The maximum absolute atomic E-state index is 4.68. The summed E-state index contributed by atoms with van der Waals surface area (Å²) in [6, 6.07) is 0. The Morgan fingerprint density at radius 2 is 1.60 bits per heavy atom. The van der Waals surface area contributed by atoms with Gasteiger partial charge in [0.15, 0.2) is 0 Å². The second kappa shape index (κ2) is 5.51. The molecule has 0 unspecified atom stereocenters. The van der Waals surface area contributed by atoms with Crippen molar-refractivity contribution in [2.24, 2.45) is 4.99 Å². The van der Waals surface area contributed by atoms with Crippen molar-refractivity contribution in [1.29, 1.82) is 0 Å². The fraction of sp³-hybridized carbons (Fsp3) is 0.769. The Bertz CT molecular complexity index is 261. The van der Waals surface area contributed by atoms with Crippen LogP contribution in [0.15, 0.2) is 16.6 Å². The van der Waals surface area contributed by atoms with Gasteiger partial charge in [0.25, 0.3) is 0 Å². The molecule has 0 bridgehead atoms. The zero-order valence-electron chi connectivity index (χ0n) is 11.7. The monoisotopic (exact) mass is 317 g/mol. The van der Waals surface area contributed by atoms with Crippen LogP contribution >= 0.6 is 0 Å². The van der Waals surface area contributed by atoms with Gasteiger partial charge in [-0.1, -0.05) is 0 Å². The van der Waals surface area contributed by atoms with Crippen LogP contribution < -0.4 is 0 Å². The van der Waals surface area contributed by atoms with Gasteiger partial charge in [0, 0.05) is 0 Å². The molecule has 0 aromatic carbocycles. The van der Waals surface area contributed by atoms with Gasteiger partial charge in [-0.25, -0.2) is 0 Å². The number of rotatable bonds is 3. The van der Waals surface area contributed by atoms with Crippen LogP contribution in [0.2, 0.25) is 19.3 Å². The number of allylic oxidation sites excluding steroid dienone is 2. The quantitative estimate of drug-likeness (QED) is 0.536. The summed E-state index contributed by atoms with van der Waals surface area (Å²) in [6.07, 6.45) is 2.39. The van der Waals surface area contributed by atoms with Gasteiger partial charge in [0.05, 0.1) is 0 Å². The van der Waals surface area contributed by atoms with E-state index >= 15 is 0 Å². The zero-order chi connectivity index (χ0) is 12.3. The van der Waals surface area contributed by atoms with Gasteiger partial charge in [-0.15, -0.1) is 0 Å². The predicted molar refractivity (Wildman–Crippen MR) is 74.8 cm³/mol. The Labute approximate surface area is 99.9 Å². The van der Waals surface area contributed by atoms with Gasteiger partial charge >= 0.3 is 100 Å². The molecule has 1 nitrogen and oxygen atoms in total. The molecular formula is C13H27NSn. The molecule has 88 valence electrons. The van der Waals surface area contributed by atoms with Crippen molar-refractivity contribution < 1.29 is 0 Å². The van der Waals surface area contributed by atoms with E-state index in [0.717, 1.165) is 0 Å². The van der Waals surface area contributed by atoms with Crippen molar-refractivity contribution in [2.75, 3.05) is 0 Å². The predicted octanol–water partition coefficient (Wildman–Crippen LogP) is 4.53. The number of hydrogen-bond acceptors (Lipinski definition) is 1. The molecule has 0 aliphatic heterocycles. The molecule has 0 spiro atoms. The molecule has 0 amide bonds. The van der Waals surface area contributed by atoms with Gasteiger partial charge in [-0.05, 0) is 0 Å². The topological polar surface area (TPSA) is 12.4 Å². The van der Waals surface area contributed by atoms with Gasteiger partial charge in [-0.3, -0.25) is 0 Å². The van der Waals surface area contributed by atoms with E-state index in [2.05, 4.69) is 60.5 Å². The molecular weight excluding hydrogens is 289 g/mol. The molecule has 2 heteroatoms. The first-order valence-corrected chi connectivity index (χ1v) is 16.3. The van der Waals surface area contributed by atoms with Gasteiger partial charge in [-0.2, -0.15) is 0 Å². The second-order valence-corrected chi connectivity index (χ2v) is 22.3. The van der Waals surface area contributed by atoms with E-state index in [0.29, 0.717) is 0 Å². The van der Waals surface area contributed by atoms with Crippen molar-refractivity contribution in [3.63, 3.8) is 0 Å². The van der Waals surface area contributed by atoms with Gasteiger partial charge in [0.1, 0.15) is 0 Å². The maximum atomic E-state index is 4.68. The Balaban J connectivity index is 4.59. The Morgan fingerprint density at radius 1 is 1.13 bits per heavy atom. The summed E-state index contributed by atoms with van der Waals surface area (Å²) >= 11 is -1.63. The van der Waals surface area contributed by atoms with Crippen LogP contribution in [0.5, 0.6) is 0 Å². The van der Waals surface area contributed by atoms with Crippen LogP contribution in [-0.2, 0) is 0 Å². The molecule has 0 aliphatic carbocycles. The van der Waals surface area contributed by atoms with E-state index in [1.54, 1.807) is 0 Å². The van der Waals surface area contributed by atoms with Gasteiger partial charge < -0.3 is 0 Å². The standard InChI is InChI=1S/C10H18N.3CH3.Sn/c1-7-8(2)9(3)11-10(4,5)6;;;;/h7H,1H2,2-6H3;3*1H3;/b8-7+,11-9?;;;;. The fourth-order valence-electron chi connectivity index (χ4n) is 1.20. The molecule has 15 heavy (non-hydrogen) atoms. The van der Waals surface area contributed by atoms with E-state index < -0.39 is 18.4 Å². The van der Waals surface area contributed by atoms with Crippen molar-refractivity contribution in [3.05, 3.63) is 11.6 Å². The van der Waals surface area contributed by atoms with Crippen LogP contribution in [-0.4, -0.2) is 29.6 Å². The summed E-state index contributed by atoms with van der Waals surface area (Å²) < 4.78 is 1.32. The summed E-state index contributed by atoms with van der Waals surface area (Å²) in [5.74, 6) is 0. The molecule has 0 aliphatic rings. The summed E-state index contributed by atoms with van der Waals surface area (Å²) in [7, 11) is 0. The normalized spacial score (nSPS) is 15.7. The van der Waals surface area contributed by atoms with Crippen molar-refractivity contribution >= 4 is 24.1 Å². The molecule has 0 atom stereocenters. The molecule has 0 saturated carbocycles. The molecule has 0 aromatic heterocycles. The number of hydrogen-bond donors (Lipinski definition) is 0. The number of aliphatic imine (C=N–C) groups is 1. The average molecular weight is 316 g/mol. The van der Waals surface area contributed by atoms with Crippen LogP contribution in [0.3, 0.4) is 0 Å². The molecule has 0 rings (SSSR count). The molecule has 0 radical (unpaired) electrons. The van der Waals surface area contributed by atoms with Crippen LogP contribution in [0.1, 0.15) is 34.6 Å². The zero-order valence-corrected chi connectivity index (χ0v) is 14.6. The third-order valence-electron chi connectivity index (χ3n) is 2.09. The molecule has 0 saturated heterocycles. The van der Waals surface area contributed by atoms with Crippen LogP contribution in [0, 0.1) is 0 Å². The van der Waals surface area contributed by atoms with E-state index in [1.165, 1.54) is 15.7 Å².